The average Bonchev–Trinajstić information content (AvgIpc) is 2.66. The fourth-order valence-corrected chi connectivity index (χ4v) is 3.38. The van der Waals surface area contributed by atoms with Crippen molar-refractivity contribution >= 4 is 0 Å². The van der Waals surface area contributed by atoms with Gasteiger partial charge < -0.3 is 0 Å². The second-order valence-electron chi connectivity index (χ2n) is 7.93. The van der Waals surface area contributed by atoms with E-state index in [2.05, 4.69) is 0 Å². The van der Waals surface area contributed by atoms with Crippen LogP contribution in [0.1, 0.15) is 51.2 Å². The van der Waals surface area contributed by atoms with E-state index < -0.39 is 13.7 Å². The number of hydrogen-bond donors (Lipinski definition) is 0. The lowest BCUT2D eigenvalue weighted by Gasteiger charge is -2.22. The van der Waals surface area contributed by atoms with Gasteiger partial charge in [0.15, 0.2) is 6.20 Å². The van der Waals surface area contributed by atoms with Crippen LogP contribution in [0.25, 0.3) is 22.4 Å². The molecule has 0 saturated carbocycles. The van der Waals surface area contributed by atoms with Crippen molar-refractivity contribution in [2.45, 2.75) is 46.8 Å². The number of aryl methyl sites for hydroxylation is 4. The van der Waals surface area contributed by atoms with Crippen molar-refractivity contribution in [3.63, 3.8) is 0 Å². The lowest BCUT2D eigenvalue weighted by molar-refractivity contribution is -0.660. The minimum absolute atomic E-state index is 0.308. The van der Waals surface area contributed by atoms with E-state index in [1.54, 1.807) is 12.3 Å². The molecular weight excluding hydrogens is 314 g/mol. The Labute approximate surface area is 166 Å². The Morgan fingerprint density at radius 1 is 0.846 bits per heavy atom. The van der Waals surface area contributed by atoms with E-state index in [0.717, 1.165) is 27.9 Å². The highest BCUT2D eigenvalue weighted by Crippen LogP contribution is 2.33. The maximum atomic E-state index is 8.06. The predicted molar refractivity (Wildman–Crippen MR) is 111 cm³/mol. The Hall–Kier alpha value is -2.41. The Bertz CT molecular complexity index is 1140. The van der Waals surface area contributed by atoms with Crippen LogP contribution in [-0.2, 0) is 12.5 Å². The van der Waals surface area contributed by atoms with E-state index in [1.807, 2.05) is 81.8 Å². The van der Waals surface area contributed by atoms with E-state index in [4.69, 9.17) is 8.22 Å². The third-order valence-corrected chi connectivity index (χ3v) is 4.81. The van der Waals surface area contributed by atoms with Crippen LogP contribution in [0.5, 0.6) is 0 Å². The molecule has 0 bridgehead atoms. The first kappa shape index (κ1) is 12.1. The predicted octanol–water partition coefficient (Wildman–Crippen LogP) is 6.07. The van der Waals surface area contributed by atoms with Crippen LogP contribution in [0.3, 0.4) is 0 Å². The zero-order chi connectivity index (χ0) is 24.1. The van der Waals surface area contributed by atoms with Crippen molar-refractivity contribution in [1.82, 2.24) is 0 Å². The molecule has 0 spiro atoms. The molecular formula is C25H30N+. The molecule has 0 N–H and O–H groups in total. The first-order valence-electron chi connectivity index (χ1n) is 11.9. The molecule has 1 heteroatoms. The molecule has 1 aromatic heterocycles. The number of pyridine rings is 1. The van der Waals surface area contributed by atoms with Crippen LogP contribution < -0.4 is 4.57 Å². The molecule has 1 heterocycles. The van der Waals surface area contributed by atoms with Crippen molar-refractivity contribution in [3.8, 4) is 22.4 Å². The van der Waals surface area contributed by atoms with Gasteiger partial charge >= 0.3 is 0 Å². The van der Waals surface area contributed by atoms with E-state index >= 15 is 0 Å². The second kappa shape index (κ2) is 6.72. The van der Waals surface area contributed by atoms with Crippen LogP contribution in [0.2, 0.25) is 0 Å². The summed E-state index contributed by atoms with van der Waals surface area (Å²) in [4.78, 5) is 0. The first-order chi connectivity index (χ1) is 14.6. The van der Waals surface area contributed by atoms with Crippen LogP contribution >= 0.6 is 0 Å². The Morgan fingerprint density at radius 3 is 2.15 bits per heavy atom. The average molecular weight is 351 g/mol. The summed E-state index contributed by atoms with van der Waals surface area (Å²) in [5.74, 6) is 0. The van der Waals surface area contributed by atoms with Gasteiger partial charge in [-0.25, -0.2) is 4.57 Å². The van der Waals surface area contributed by atoms with Crippen LogP contribution in [0.15, 0.2) is 54.7 Å². The van der Waals surface area contributed by atoms with Gasteiger partial charge in [0, 0.05) is 25.4 Å². The maximum absolute atomic E-state index is 8.06. The molecule has 3 rings (SSSR count). The quantitative estimate of drug-likeness (QED) is 0.494. The standard InChI is InChI=1S/C25H30N/c1-17-13-18(2)22(14-21(17)20-11-9-8-10-12-20)24-15-23(25(4,5)6)19(3)16-26(24)7/h8-16H,1-7H3/q+1/i1D3,3D3. The van der Waals surface area contributed by atoms with Gasteiger partial charge in [0.25, 0.3) is 0 Å². The van der Waals surface area contributed by atoms with Gasteiger partial charge in [-0.2, -0.15) is 0 Å². The molecule has 2 aromatic carbocycles. The summed E-state index contributed by atoms with van der Waals surface area (Å²) in [6.45, 7) is 3.42. The summed E-state index contributed by atoms with van der Waals surface area (Å²) in [7, 11) is 1.83. The maximum Gasteiger partial charge on any atom is 0.212 e. The Kier molecular flexibility index (Phi) is 3.12. The molecule has 134 valence electrons. The van der Waals surface area contributed by atoms with Crippen LogP contribution in [0, 0.1) is 20.6 Å². The fourth-order valence-electron chi connectivity index (χ4n) is 3.38. The van der Waals surface area contributed by atoms with Gasteiger partial charge in [-0.05, 0) is 59.9 Å². The van der Waals surface area contributed by atoms with Crippen molar-refractivity contribution in [2.24, 2.45) is 7.05 Å². The molecule has 0 aliphatic heterocycles. The number of nitrogens with zero attached hydrogens (tertiary/aromatic N) is 1. The summed E-state index contributed by atoms with van der Waals surface area (Å²) >= 11 is 0. The molecule has 3 aromatic rings. The Balaban J connectivity index is 2.36. The smallest absolute Gasteiger partial charge is 0.201 e. The third kappa shape index (κ3) is 3.44. The van der Waals surface area contributed by atoms with Crippen molar-refractivity contribution in [1.29, 1.82) is 0 Å². The molecule has 0 aliphatic carbocycles. The minimum Gasteiger partial charge on any atom is -0.201 e. The van der Waals surface area contributed by atoms with E-state index in [0.29, 0.717) is 16.7 Å². The molecule has 1 nitrogen and oxygen atoms in total. The van der Waals surface area contributed by atoms with Crippen molar-refractivity contribution in [2.75, 3.05) is 0 Å². The summed E-state index contributed by atoms with van der Waals surface area (Å²) in [5.41, 5.74) is 5.05. The van der Waals surface area contributed by atoms with E-state index in [-0.39, 0.29) is 5.41 Å². The van der Waals surface area contributed by atoms with E-state index in [1.165, 1.54) is 0 Å². The van der Waals surface area contributed by atoms with Gasteiger partial charge in [0.2, 0.25) is 5.69 Å². The molecule has 0 amide bonds. The zero-order valence-electron chi connectivity index (χ0n) is 22.1. The number of hydrogen-bond acceptors (Lipinski definition) is 0. The SMILES string of the molecule is [2H]C([2H])([2H])c1cc(C)c(-c2cc(C(C)(C)C)c(C([2H])([2H])[2H])c[n+]2C)cc1-c1ccccc1. The summed E-state index contributed by atoms with van der Waals surface area (Å²) in [6, 6.07) is 15.1. The van der Waals surface area contributed by atoms with Gasteiger partial charge in [0.1, 0.15) is 7.05 Å². The highest BCUT2D eigenvalue weighted by Gasteiger charge is 2.23. The third-order valence-electron chi connectivity index (χ3n) is 4.81. The summed E-state index contributed by atoms with van der Waals surface area (Å²) in [6.07, 6.45) is 1.68. The van der Waals surface area contributed by atoms with Crippen molar-refractivity contribution < 1.29 is 12.8 Å². The van der Waals surface area contributed by atoms with Crippen molar-refractivity contribution in [3.05, 3.63) is 77.0 Å². The highest BCUT2D eigenvalue weighted by molar-refractivity contribution is 5.75. The summed E-state index contributed by atoms with van der Waals surface area (Å²) in [5, 5.41) is 0. The second-order valence-corrected chi connectivity index (χ2v) is 7.93. The number of rotatable bonds is 2. The molecule has 0 atom stereocenters. The molecule has 0 aliphatic rings. The number of benzene rings is 2. The summed E-state index contributed by atoms with van der Waals surface area (Å²) < 4.78 is 50.0. The van der Waals surface area contributed by atoms with E-state index in [9.17, 15) is 0 Å². The molecule has 0 saturated heterocycles. The lowest BCUT2D eigenvalue weighted by Crippen LogP contribution is -2.33. The molecule has 0 radical (unpaired) electrons. The van der Waals surface area contributed by atoms with Gasteiger partial charge in [-0.3, -0.25) is 0 Å². The van der Waals surface area contributed by atoms with Gasteiger partial charge in [-0.15, -0.1) is 0 Å². The molecule has 0 unspecified atom stereocenters. The minimum atomic E-state index is -2.25. The largest absolute Gasteiger partial charge is 0.212 e. The van der Waals surface area contributed by atoms with Gasteiger partial charge in [0.05, 0.1) is 0 Å². The monoisotopic (exact) mass is 350 g/mol. The first-order valence-corrected chi connectivity index (χ1v) is 8.86. The topological polar surface area (TPSA) is 3.88 Å². The van der Waals surface area contributed by atoms with Crippen LogP contribution in [0.4, 0.5) is 0 Å². The molecule has 0 fully saturated rings. The lowest BCUT2D eigenvalue weighted by atomic mass is 9.83. The zero-order valence-corrected chi connectivity index (χ0v) is 16.1. The Morgan fingerprint density at radius 2 is 1.54 bits per heavy atom. The van der Waals surface area contributed by atoms with Gasteiger partial charge in [-0.1, -0.05) is 57.2 Å². The van der Waals surface area contributed by atoms with Crippen LogP contribution in [-0.4, -0.2) is 0 Å². The fraction of sp³-hybridized carbons (Fsp3) is 0.320. The highest BCUT2D eigenvalue weighted by atomic mass is 14.9. The number of aromatic nitrogens is 1. The molecule has 26 heavy (non-hydrogen) atoms. The normalized spacial score (nSPS) is 16.0.